The Morgan fingerprint density at radius 3 is 2.65 bits per heavy atom. The van der Waals surface area contributed by atoms with E-state index in [0.717, 1.165) is 22.7 Å². The first kappa shape index (κ1) is 15.4. The lowest BCUT2D eigenvalue weighted by Crippen LogP contribution is -2.22. The Labute approximate surface area is 128 Å². The maximum Gasteiger partial charge on any atom is 0.347 e. The summed E-state index contributed by atoms with van der Waals surface area (Å²) in [4.78, 5) is 15.0. The molecule has 0 unspecified atom stereocenters. The monoisotopic (exact) mass is 352 g/mol. The quantitative estimate of drug-likeness (QED) is 0.860. The van der Waals surface area contributed by atoms with Gasteiger partial charge in [0.05, 0.1) is 16.6 Å². The van der Waals surface area contributed by atoms with Crippen molar-refractivity contribution in [3.8, 4) is 0 Å². The Hall–Kier alpha value is -1.00. The van der Waals surface area contributed by atoms with Gasteiger partial charge in [-0.1, -0.05) is 11.6 Å². The maximum absolute atomic E-state index is 11.9. The van der Waals surface area contributed by atoms with Gasteiger partial charge in [-0.15, -0.1) is 22.7 Å². The SMILES string of the molecule is Cc1nc(CNS(=O)(=O)c2ccc(Cl)s2)sc1C(=O)O. The van der Waals surface area contributed by atoms with Gasteiger partial charge >= 0.3 is 5.97 Å². The highest BCUT2D eigenvalue weighted by molar-refractivity contribution is 7.91. The normalized spacial score (nSPS) is 11.7. The average Bonchev–Trinajstić information content (AvgIpc) is 2.93. The van der Waals surface area contributed by atoms with Crippen molar-refractivity contribution in [1.82, 2.24) is 9.71 Å². The first-order valence-electron chi connectivity index (χ1n) is 5.24. The summed E-state index contributed by atoms with van der Waals surface area (Å²) in [5.74, 6) is -1.07. The molecule has 20 heavy (non-hydrogen) atoms. The molecule has 2 N–H and O–H groups in total. The van der Waals surface area contributed by atoms with Gasteiger partial charge in [-0.2, -0.15) is 0 Å². The molecule has 0 aliphatic rings. The second-order valence-corrected chi connectivity index (χ2v) is 8.50. The predicted molar refractivity (Wildman–Crippen MR) is 77.2 cm³/mol. The minimum Gasteiger partial charge on any atom is -0.477 e. The molecule has 0 amide bonds. The van der Waals surface area contributed by atoms with E-state index in [1.54, 1.807) is 6.92 Å². The van der Waals surface area contributed by atoms with Crippen molar-refractivity contribution in [2.45, 2.75) is 17.7 Å². The van der Waals surface area contributed by atoms with Crippen molar-refractivity contribution >= 4 is 50.3 Å². The van der Waals surface area contributed by atoms with Crippen molar-refractivity contribution in [3.63, 3.8) is 0 Å². The standard InChI is InChI=1S/C10H9ClN2O4S3/c1-5-9(10(14)15)19-7(13-5)4-12-20(16,17)8-3-2-6(11)18-8/h2-3,12H,4H2,1H3,(H,14,15). The van der Waals surface area contributed by atoms with Crippen LogP contribution < -0.4 is 4.72 Å². The van der Waals surface area contributed by atoms with Gasteiger partial charge in [0.25, 0.3) is 0 Å². The zero-order valence-electron chi connectivity index (χ0n) is 10.1. The van der Waals surface area contributed by atoms with E-state index in [1.807, 2.05) is 0 Å². The topological polar surface area (TPSA) is 96.4 Å². The van der Waals surface area contributed by atoms with Crippen LogP contribution in [0.3, 0.4) is 0 Å². The van der Waals surface area contributed by atoms with Gasteiger partial charge in [0.1, 0.15) is 14.1 Å². The number of aryl methyl sites for hydroxylation is 1. The van der Waals surface area contributed by atoms with E-state index in [0.29, 0.717) is 15.0 Å². The molecule has 0 saturated heterocycles. The summed E-state index contributed by atoms with van der Waals surface area (Å²) < 4.78 is 26.7. The van der Waals surface area contributed by atoms with Gasteiger partial charge in [0.15, 0.2) is 0 Å². The van der Waals surface area contributed by atoms with E-state index < -0.39 is 16.0 Å². The van der Waals surface area contributed by atoms with Gasteiger partial charge < -0.3 is 5.11 Å². The smallest absolute Gasteiger partial charge is 0.347 e. The second kappa shape index (κ2) is 5.78. The highest BCUT2D eigenvalue weighted by Gasteiger charge is 2.19. The van der Waals surface area contributed by atoms with Crippen molar-refractivity contribution in [3.05, 3.63) is 32.0 Å². The Kier molecular flexibility index (Phi) is 4.45. The number of carboxylic acid groups (broad SMARTS) is 1. The number of carboxylic acids is 1. The molecule has 0 spiro atoms. The molecule has 0 radical (unpaired) electrons. The number of nitrogens with zero attached hydrogens (tertiary/aromatic N) is 1. The van der Waals surface area contributed by atoms with Crippen molar-refractivity contribution in [2.75, 3.05) is 0 Å². The van der Waals surface area contributed by atoms with Crippen LogP contribution in [0.4, 0.5) is 0 Å². The van der Waals surface area contributed by atoms with E-state index in [2.05, 4.69) is 9.71 Å². The number of thiophene rings is 1. The lowest BCUT2D eigenvalue weighted by molar-refractivity contribution is 0.0701. The number of halogens is 1. The molecular formula is C10H9ClN2O4S3. The molecule has 0 aliphatic heterocycles. The third-order valence-electron chi connectivity index (χ3n) is 2.26. The average molecular weight is 353 g/mol. The van der Waals surface area contributed by atoms with Crippen LogP contribution in [0.25, 0.3) is 0 Å². The minimum atomic E-state index is -3.66. The molecule has 108 valence electrons. The van der Waals surface area contributed by atoms with Gasteiger partial charge in [-0.3, -0.25) is 0 Å². The largest absolute Gasteiger partial charge is 0.477 e. The van der Waals surface area contributed by atoms with E-state index in [9.17, 15) is 13.2 Å². The van der Waals surface area contributed by atoms with Crippen molar-refractivity contribution < 1.29 is 18.3 Å². The number of sulfonamides is 1. The van der Waals surface area contributed by atoms with Crippen molar-refractivity contribution in [2.24, 2.45) is 0 Å². The molecule has 0 fully saturated rings. The van der Waals surface area contributed by atoms with Crippen LogP contribution in [0.1, 0.15) is 20.4 Å². The molecule has 2 aromatic rings. The maximum atomic E-state index is 11.9. The molecule has 2 heterocycles. The molecule has 6 nitrogen and oxygen atoms in total. The molecule has 0 bridgehead atoms. The fraction of sp³-hybridized carbons (Fsp3) is 0.200. The highest BCUT2D eigenvalue weighted by Crippen LogP contribution is 2.25. The number of aromatic nitrogens is 1. The van der Waals surface area contributed by atoms with Crippen LogP contribution in [-0.2, 0) is 16.6 Å². The minimum absolute atomic E-state index is 0.0589. The molecule has 2 aromatic heterocycles. The Morgan fingerprint density at radius 2 is 2.15 bits per heavy atom. The van der Waals surface area contributed by atoms with Crippen LogP contribution >= 0.6 is 34.3 Å². The first-order chi connectivity index (χ1) is 9.29. The fourth-order valence-electron chi connectivity index (χ4n) is 1.40. The molecule has 2 rings (SSSR count). The number of aromatic carboxylic acids is 1. The number of thiazole rings is 1. The summed E-state index contributed by atoms with van der Waals surface area (Å²) in [5.41, 5.74) is 0.371. The second-order valence-electron chi connectivity index (χ2n) is 3.71. The van der Waals surface area contributed by atoms with Gasteiger partial charge in [0, 0.05) is 0 Å². The first-order valence-corrected chi connectivity index (χ1v) is 8.73. The number of carbonyl (C=O) groups is 1. The van der Waals surface area contributed by atoms with Crippen LogP contribution in [-0.4, -0.2) is 24.5 Å². The highest BCUT2D eigenvalue weighted by atomic mass is 35.5. The van der Waals surface area contributed by atoms with Crippen LogP contribution in [0.2, 0.25) is 4.34 Å². The van der Waals surface area contributed by atoms with Crippen LogP contribution in [0, 0.1) is 6.92 Å². The summed E-state index contributed by atoms with van der Waals surface area (Å²) >= 11 is 7.59. The molecule has 10 heteroatoms. The van der Waals surface area contributed by atoms with E-state index in [-0.39, 0.29) is 15.6 Å². The number of nitrogens with one attached hydrogen (secondary N) is 1. The Bertz CT molecular complexity index is 750. The number of hydrogen-bond donors (Lipinski definition) is 2. The van der Waals surface area contributed by atoms with Gasteiger partial charge in [0.2, 0.25) is 10.0 Å². The summed E-state index contributed by atoms with van der Waals surface area (Å²) in [6, 6.07) is 2.90. The summed E-state index contributed by atoms with van der Waals surface area (Å²) in [6.07, 6.45) is 0. The van der Waals surface area contributed by atoms with E-state index in [1.165, 1.54) is 12.1 Å². The zero-order valence-corrected chi connectivity index (χ0v) is 13.3. The lowest BCUT2D eigenvalue weighted by Gasteiger charge is -2.01. The van der Waals surface area contributed by atoms with Crippen LogP contribution in [0.5, 0.6) is 0 Å². The molecule has 0 saturated carbocycles. The van der Waals surface area contributed by atoms with Gasteiger partial charge in [-0.25, -0.2) is 22.9 Å². The fourth-order valence-corrected chi connectivity index (χ4v) is 4.85. The lowest BCUT2D eigenvalue weighted by atomic mass is 10.4. The van der Waals surface area contributed by atoms with Gasteiger partial charge in [-0.05, 0) is 19.1 Å². The molecule has 0 aliphatic carbocycles. The van der Waals surface area contributed by atoms with E-state index in [4.69, 9.17) is 16.7 Å². The Morgan fingerprint density at radius 1 is 1.45 bits per heavy atom. The zero-order chi connectivity index (χ0) is 14.9. The summed E-state index contributed by atoms with van der Waals surface area (Å²) in [6.45, 7) is 1.51. The molecule has 0 atom stereocenters. The number of rotatable bonds is 5. The third-order valence-corrected chi connectivity index (χ3v) is 6.53. The third kappa shape index (κ3) is 3.36. The summed E-state index contributed by atoms with van der Waals surface area (Å²) in [7, 11) is -3.66. The van der Waals surface area contributed by atoms with E-state index >= 15 is 0 Å². The van der Waals surface area contributed by atoms with Crippen LogP contribution in [0.15, 0.2) is 16.3 Å². The van der Waals surface area contributed by atoms with Crippen molar-refractivity contribution in [1.29, 1.82) is 0 Å². The number of hydrogen-bond acceptors (Lipinski definition) is 6. The molecule has 0 aromatic carbocycles. The Balaban J connectivity index is 2.12. The predicted octanol–water partition coefficient (Wildman–Crippen LogP) is 2.34. The molecular weight excluding hydrogens is 344 g/mol. The summed E-state index contributed by atoms with van der Waals surface area (Å²) in [5, 5.41) is 9.30.